The minimum atomic E-state index is -1.23. The Labute approximate surface area is 143 Å². The number of hydrogen-bond donors (Lipinski definition) is 2. The first-order valence-corrected chi connectivity index (χ1v) is 7.53. The zero-order valence-corrected chi connectivity index (χ0v) is 14.1. The first-order chi connectivity index (χ1) is 11.6. The van der Waals surface area contributed by atoms with Crippen LogP contribution >= 0.6 is 0 Å². The molecule has 1 rings (SSSR count). The van der Waals surface area contributed by atoms with Gasteiger partial charge in [-0.1, -0.05) is 0 Å². The molecule has 0 aliphatic carbocycles. The Balaban J connectivity index is 2.84. The zero-order chi connectivity index (χ0) is 19.1. The molecule has 2 atom stereocenters. The van der Waals surface area contributed by atoms with E-state index in [-0.39, 0.29) is 24.7 Å². The van der Waals surface area contributed by atoms with Crippen LogP contribution in [0.25, 0.3) is 0 Å². The van der Waals surface area contributed by atoms with E-state index in [9.17, 15) is 23.2 Å². The van der Waals surface area contributed by atoms with Gasteiger partial charge in [0.1, 0.15) is 11.8 Å². The SMILES string of the molecule is CC(=O)NCCN(C(=O)C(C)Oc1ccc(F)c(F)c1)C(C)C(=O)O. The summed E-state index contributed by atoms with van der Waals surface area (Å²) in [4.78, 5) is 35.6. The number of benzene rings is 1. The highest BCUT2D eigenvalue weighted by Gasteiger charge is 2.29. The Morgan fingerprint density at radius 3 is 2.40 bits per heavy atom. The van der Waals surface area contributed by atoms with Crippen LogP contribution in [0, 0.1) is 11.6 Å². The molecule has 2 amide bonds. The molecule has 9 heteroatoms. The fourth-order valence-electron chi connectivity index (χ4n) is 2.02. The molecule has 2 N–H and O–H groups in total. The number of hydrogen-bond acceptors (Lipinski definition) is 4. The van der Waals surface area contributed by atoms with Crippen LogP contribution in [0.4, 0.5) is 8.78 Å². The van der Waals surface area contributed by atoms with Gasteiger partial charge in [-0.15, -0.1) is 0 Å². The molecule has 0 saturated heterocycles. The Morgan fingerprint density at radius 2 is 1.88 bits per heavy atom. The van der Waals surface area contributed by atoms with E-state index in [1.807, 2.05) is 0 Å². The summed E-state index contributed by atoms with van der Waals surface area (Å²) in [5.74, 6) is -4.45. The van der Waals surface area contributed by atoms with Crippen molar-refractivity contribution >= 4 is 17.8 Å². The minimum Gasteiger partial charge on any atom is -0.481 e. The zero-order valence-electron chi connectivity index (χ0n) is 14.1. The predicted octanol–water partition coefficient (Wildman–Crippen LogP) is 1.17. The molecule has 0 aliphatic rings. The fourth-order valence-corrected chi connectivity index (χ4v) is 2.02. The van der Waals surface area contributed by atoms with E-state index in [1.165, 1.54) is 20.8 Å². The van der Waals surface area contributed by atoms with Gasteiger partial charge in [0.05, 0.1) is 0 Å². The summed E-state index contributed by atoms with van der Waals surface area (Å²) in [6.07, 6.45) is -1.14. The number of aliphatic carboxylic acids is 1. The summed E-state index contributed by atoms with van der Waals surface area (Å²) in [7, 11) is 0. The quantitative estimate of drug-likeness (QED) is 0.727. The molecule has 0 heterocycles. The van der Waals surface area contributed by atoms with Crippen LogP contribution in [0.15, 0.2) is 18.2 Å². The molecule has 1 aromatic carbocycles. The molecule has 138 valence electrons. The van der Waals surface area contributed by atoms with Gasteiger partial charge in [0.25, 0.3) is 5.91 Å². The highest BCUT2D eigenvalue weighted by atomic mass is 19.2. The molecule has 0 bridgehead atoms. The normalized spacial score (nSPS) is 12.8. The van der Waals surface area contributed by atoms with Crippen molar-refractivity contribution in [3.63, 3.8) is 0 Å². The van der Waals surface area contributed by atoms with Crippen LogP contribution in [0.3, 0.4) is 0 Å². The number of ether oxygens (including phenoxy) is 1. The van der Waals surface area contributed by atoms with Crippen LogP contribution in [-0.2, 0) is 14.4 Å². The van der Waals surface area contributed by atoms with Gasteiger partial charge in [-0.2, -0.15) is 0 Å². The van der Waals surface area contributed by atoms with Gasteiger partial charge >= 0.3 is 5.97 Å². The lowest BCUT2D eigenvalue weighted by Crippen LogP contribution is -2.51. The van der Waals surface area contributed by atoms with Crippen molar-refractivity contribution in [3.05, 3.63) is 29.8 Å². The molecule has 1 aromatic rings. The molecule has 0 radical (unpaired) electrons. The largest absolute Gasteiger partial charge is 0.481 e. The molecule has 0 saturated carbocycles. The minimum absolute atomic E-state index is 0.0443. The van der Waals surface area contributed by atoms with Crippen LogP contribution in [0.5, 0.6) is 5.75 Å². The monoisotopic (exact) mass is 358 g/mol. The van der Waals surface area contributed by atoms with Gasteiger partial charge in [-0.25, -0.2) is 13.6 Å². The second kappa shape index (κ2) is 8.95. The number of carbonyl (C=O) groups excluding carboxylic acids is 2. The third-order valence-electron chi connectivity index (χ3n) is 3.39. The molecular weight excluding hydrogens is 338 g/mol. The first kappa shape index (κ1) is 20.3. The van der Waals surface area contributed by atoms with E-state index in [1.54, 1.807) is 0 Å². The fraction of sp³-hybridized carbons (Fsp3) is 0.438. The van der Waals surface area contributed by atoms with Crippen LogP contribution in [0.2, 0.25) is 0 Å². The second-order valence-electron chi connectivity index (χ2n) is 5.36. The van der Waals surface area contributed by atoms with Crippen molar-refractivity contribution in [2.24, 2.45) is 0 Å². The number of carboxylic acids is 1. The summed E-state index contributed by atoms with van der Waals surface area (Å²) >= 11 is 0. The van der Waals surface area contributed by atoms with Gasteiger partial charge in [0.15, 0.2) is 17.7 Å². The number of amides is 2. The average molecular weight is 358 g/mol. The number of carboxylic acid groups (broad SMARTS) is 1. The first-order valence-electron chi connectivity index (χ1n) is 7.53. The van der Waals surface area contributed by atoms with E-state index in [0.717, 1.165) is 23.1 Å². The molecule has 0 aromatic heterocycles. The third-order valence-corrected chi connectivity index (χ3v) is 3.39. The van der Waals surface area contributed by atoms with Crippen molar-refractivity contribution < 1.29 is 33.0 Å². The lowest BCUT2D eigenvalue weighted by molar-refractivity contribution is -0.152. The molecule has 0 fully saturated rings. The summed E-state index contributed by atoms with van der Waals surface area (Å²) in [6.45, 7) is 4.00. The maximum Gasteiger partial charge on any atom is 0.326 e. The topological polar surface area (TPSA) is 95.9 Å². The summed E-state index contributed by atoms with van der Waals surface area (Å²) in [6, 6.07) is 1.65. The lowest BCUT2D eigenvalue weighted by Gasteiger charge is -2.29. The molecule has 25 heavy (non-hydrogen) atoms. The van der Waals surface area contributed by atoms with Gasteiger partial charge in [-0.3, -0.25) is 9.59 Å². The van der Waals surface area contributed by atoms with Crippen LogP contribution < -0.4 is 10.1 Å². The second-order valence-corrected chi connectivity index (χ2v) is 5.36. The standard InChI is InChI=1S/C16H20F2N2O5/c1-9(16(23)24)20(7-6-19-11(3)21)15(22)10(2)25-12-4-5-13(17)14(18)8-12/h4-5,8-10H,6-7H2,1-3H3,(H,19,21)(H,23,24). The maximum atomic E-state index is 13.2. The van der Waals surface area contributed by atoms with Gasteiger partial charge < -0.3 is 20.1 Å². The van der Waals surface area contributed by atoms with E-state index >= 15 is 0 Å². The number of halogens is 2. The number of nitrogens with zero attached hydrogens (tertiary/aromatic N) is 1. The van der Waals surface area contributed by atoms with E-state index in [2.05, 4.69) is 5.32 Å². The summed E-state index contributed by atoms with van der Waals surface area (Å²) < 4.78 is 31.4. The lowest BCUT2D eigenvalue weighted by atomic mass is 10.2. The van der Waals surface area contributed by atoms with Crippen LogP contribution in [0.1, 0.15) is 20.8 Å². The van der Waals surface area contributed by atoms with Crippen molar-refractivity contribution in [2.45, 2.75) is 32.9 Å². The van der Waals surface area contributed by atoms with Gasteiger partial charge in [-0.05, 0) is 26.0 Å². The summed E-state index contributed by atoms with van der Waals surface area (Å²) in [5, 5.41) is 11.6. The molecule has 0 spiro atoms. The van der Waals surface area contributed by atoms with Crippen molar-refractivity contribution in [1.29, 1.82) is 0 Å². The number of rotatable bonds is 8. The highest BCUT2D eigenvalue weighted by molar-refractivity contribution is 5.86. The van der Waals surface area contributed by atoms with Crippen molar-refractivity contribution in [2.75, 3.05) is 13.1 Å². The number of carbonyl (C=O) groups is 3. The van der Waals surface area contributed by atoms with Crippen molar-refractivity contribution in [1.82, 2.24) is 10.2 Å². The van der Waals surface area contributed by atoms with E-state index in [4.69, 9.17) is 9.84 Å². The predicted molar refractivity (Wildman–Crippen MR) is 83.9 cm³/mol. The van der Waals surface area contributed by atoms with E-state index in [0.29, 0.717) is 0 Å². The molecule has 2 unspecified atom stereocenters. The van der Waals surface area contributed by atoms with Crippen molar-refractivity contribution in [3.8, 4) is 5.75 Å². The Hall–Kier alpha value is -2.71. The van der Waals surface area contributed by atoms with E-state index < -0.39 is 35.7 Å². The summed E-state index contributed by atoms with van der Waals surface area (Å²) in [5.41, 5.74) is 0. The molecular formula is C16H20F2N2O5. The Morgan fingerprint density at radius 1 is 1.24 bits per heavy atom. The average Bonchev–Trinajstić information content (AvgIpc) is 2.53. The van der Waals surface area contributed by atoms with Crippen LogP contribution in [-0.4, -0.2) is 53.0 Å². The van der Waals surface area contributed by atoms with Gasteiger partial charge in [0, 0.05) is 26.1 Å². The number of nitrogens with one attached hydrogen (secondary N) is 1. The van der Waals surface area contributed by atoms with Gasteiger partial charge in [0.2, 0.25) is 5.91 Å². The molecule has 0 aliphatic heterocycles. The Kier molecular flexibility index (Phi) is 7.28. The Bertz CT molecular complexity index is 653. The highest BCUT2D eigenvalue weighted by Crippen LogP contribution is 2.17. The molecule has 7 nitrogen and oxygen atoms in total. The third kappa shape index (κ3) is 6.02. The maximum absolute atomic E-state index is 13.2. The smallest absolute Gasteiger partial charge is 0.326 e.